The largest absolute Gasteiger partial charge is 0.393 e. The molecule has 4 nitrogen and oxygen atoms in total. The summed E-state index contributed by atoms with van der Waals surface area (Å²) < 4.78 is 19.1. The summed E-state index contributed by atoms with van der Waals surface area (Å²) >= 11 is 0. The van der Waals surface area contributed by atoms with Crippen LogP contribution in [-0.4, -0.2) is 41.4 Å². The van der Waals surface area contributed by atoms with E-state index in [4.69, 9.17) is 14.2 Å². The Hall–Kier alpha value is -0.160. The number of aliphatic hydroxyl groups excluding tert-OH is 1. The zero-order chi connectivity index (χ0) is 13.1. The fourth-order valence-electron chi connectivity index (χ4n) is 6.22. The molecule has 19 heavy (non-hydrogen) atoms. The summed E-state index contributed by atoms with van der Waals surface area (Å²) in [5, 5.41) is 10.0. The predicted molar refractivity (Wildman–Crippen MR) is 66.5 cm³/mol. The summed E-state index contributed by atoms with van der Waals surface area (Å²) in [4.78, 5) is 0. The van der Waals surface area contributed by atoms with Crippen LogP contribution in [0.4, 0.5) is 0 Å². The van der Waals surface area contributed by atoms with E-state index in [9.17, 15) is 5.11 Å². The van der Waals surface area contributed by atoms with E-state index < -0.39 is 11.4 Å². The third kappa shape index (κ3) is 0.892. The second-order valence-electron chi connectivity index (χ2n) is 7.99. The molecule has 5 saturated heterocycles. The van der Waals surface area contributed by atoms with Gasteiger partial charge in [-0.25, -0.2) is 0 Å². The van der Waals surface area contributed by atoms with E-state index in [1.807, 2.05) is 0 Å². The number of aliphatic hydroxyl groups is 1. The highest BCUT2D eigenvalue weighted by Gasteiger charge is 2.86. The number of rotatable bonds is 1. The van der Waals surface area contributed by atoms with Crippen molar-refractivity contribution < 1.29 is 19.3 Å². The standard InChI is InChI=1S/C15H22O4/c1-11-3-4-13(9-17-11)12(2)5-10-6-14(12,8-16)19-15(13,7-11)18-10/h10,16H,3-9H2,1-2H3/t10-,11-,12+,13?,14-,15?/m0/s1. The van der Waals surface area contributed by atoms with Crippen LogP contribution in [0.15, 0.2) is 0 Å². The fourth-order valence-corrected chi connectivity index (χ4v) is 6.22. The molecule has 7 aliphatic rings. The Labute approximate surface area is 113 Å². The van der Waals surface area contributed by atoms with Gasteiger partial charge in [0.1, 0.15) is 5.60 Å². The fraction of sp³-hybridized carbons (Fsp3) is 1.00. The summed E-state index contributed by atoms with van der Waals surface area (Å²) in [6, 6.07) is 0. The molecular weight excluding hydrogens is 244 g/mol. The molecule has 5 aliphatic heterocycles. The normalized spacial score (nSPS) is 68.7. The Bertz CT molecular complexity index is 469. The highest BCUT2D eigenvalue weighted by molar-refractivity contribution is 5.30. The highest BCUT2D eigenvalue weighted by atomic mass is 16.7. The lowest BCUT2D eigenvalue weighted by Gasteiger charge is -2.64. The quantitative estimate of drug-likeness (QED) is 0.783. The van der Waals surface area contributed by atoms with Gasteiger partial charge < -0.3 is 19.3 Å². The first-order valence-electron chi connectivity index (χ1n) is 7.55. The zero-order valence-corrected chi connectivity index (χ0v) is 11.7. The maximum atomic E-state index is 10.0. The summed E-state index contributed by atoms with van der Waals surface area (Å²) in [5.41, 5.74) is -0.546. The summed E-state index contributed by atoms with van der Waals surface area (Å²) in [6.07, 6.45) is 5.14. The van der Waals surface area contributed by atoms with Crippen LogP contribution in [0.1, 0.15) is 46.0 Å². The van der Waals surface area contributed by atoms with Crippen molar-refractivity contribution in [2.75, 3.05) is 13.2 Å². The van der Waals surface area contributed by atoms with E-state index in [1.165, 1.54) is 0 Å². The van der Waals surface area contributed by atoms with Gasteiger partial charge in [-0.2, -0.15) is 0 Å². The van der Waals surface area contributed by atoms with Crippen LogP contribution in [-0.2, 0) is 14.2 Å². The van der Waals surface area contributed by atoms with Gasteiger partial charge >= 0.3 is 0 Å². The average Bonchev–Trinajstić information content (AvgIpc) is 2.64. The summed E-state index contributed by atoms with van der Waals surface area (Å²) in [5.74, 6) is -0.489. The SMILES string of the molecule is C[C@@]12CCC3(CO1)C1(C2)O[C@@H]2C[C@@](CO)(O1)[C@]3(C)C2. The van der Waals surface area contributed by atoms with Gasteiger partial charge in [0.15, 0.2) is 5.79 Å². The van der Waals surface area contributed by atoms with Gasteiger partial charge in [-0.05, 0) is 26.2 Å². The highest BCUT2D eigenvalue weighted by Crippen LogP contribution is 2.79. The van der Waals surface area contributed by atoms with Gasteiger partial charge in [0, 0.05) is 18.3 Å². The average molecular weight is 266 g/mol. The number of hydrogen-bond donors (Lipinski definition) is 1. The maximum Gasteiger partial charge on any atom is 0.180 e. The molecule has 2 aliphatic carbocycles. The first-order valence-corrected chi connectivity index (χ1v) is 7.55. The molecular formula is C15H22O4. The molecule has 6 bridgehead atoms. The molecule has 2 saturated carbocycles. The van der Waals surface area contributed by atoms with Crippen molar-refractivity contribution in [2.45, 2.75) is 69.0 Å². The van der Waals surface area contributed by atoms with Gasteiger partial charge in [-0.15, -0.1) is 0 Å². The van der Waals surface area contributed by atoms with E-state index in [0.717, 1.165) is 38.7 Å². The lowest BCUT2D eigenvalue weighted by atomic mass is 9.49. The molecule has 106 valence electrons. The Balaban J connectivity index is 1.76. The van der Waals surface area contributed by atoms with Crippen LogP contribution in [0.25, 0.3) is 0 Å². The van der Waals surface area contributed by atoms with Crippen molar-refractivity contribution >= 4 is 0 Å². The molecule has 1 N–H and O–H groups in total. The number of fused-ring (bicyclic) bond motifs is 2. The van der Waals surface area contributed by atoms with Crippen molar-refractivity contribution in [1.82, 2.24) is 0 Å². The van der Waals surface area contributed by atoms with Gasteiger partial charge in [-0.3, -0.25) is 0 Å². The molecule has 7 rings (SSSR count). The van der Waals surface area contributed by atoms with Gasteiger partial charge in [-0.1, -0.05) is 6.92 Å². The Morgan fingerprint density at radius 2 is 2.05 bits per heavy atom. The molecule has 0 radical (unpaired) electrons. The molecule has 5 heterocycles. The molecule has 0 aromatic rings. The van der Waals surface area contributed by atoms with Crippen LogP contribution in [0.5, 0.6) is 0 Å². The Kier molecular flexibility index (Phi) is 1.67. The van der Waals surface area contributed by atoms with Crippen molar-refractivity contribution in [3.05, 3.63) is 0 Å². The number of ether oxygens (including phenoxy) is 3. The molecule has 0 aromatic carbocycles. The second-order valence-corrected chi connectivity index (χ2v) is 7.99. The van der Waals surface area contributed by atoms with E-state index in [0.29, 0.717) is 0 Å². The zero-order valence-electron chi connectivity index (χ0n) is 11.7. The van der Waals surface area contributed by atoms with Crippen LogP contribution < -0.4 is 0 Å². The van der Waals surface area contributed by atoms with Crippen LogP contribution >= 0.6 is 0 Å². The van der Waals surface area contributed by atoms with E-state index in [1.54, 1.807) is 0 Å². The van der Waals surface area contributed by atoms with E-state index in [2.05, 4.69) is 13.8 Å². The minimum Gasteiger partial charge on any atom is -0.393 e. The predicted octanol–water partition coefficient (Wildman–Crippen LogP) is 1.60. The molecule has 6 atom stereocenters. The molecule has 2 unspecified atom stereocenters. The maximum absolute atomic E-state index is 10.0. The third-order valence-electron chi connectivity index (χ3n) is 7.31. The first-order chi connectivity index (χ1) is 8.92. The molecule has 7 fully saturated rings. The van der Waals surface area contributed by atoms with Crippen molar-refractivity contribution in [3.8, 4) is 0 Å². The smallest absolute Gasteiger partial charge is 0.180 e. The Morgan fingerprint density at radius 3 is 2.74 bits per heavy atom. The number of hydrogen-bond acceptors (Lipinski definition) is 4. The van der Waals surface area contributed by atoms with Crippen molar-refractivity contribution in [2.24, 2.45) is 10.8 Å². The van der Waals surface area contributed by atoms with Gasteiger partial charge in [0.2, 0.25) is 0 Å². The van der Waals surface area contributed by atoms with Gasteiger partial charge in [0.05, 0.1) is 30.3 Å². The van der Waals surface area contributed by atoms with E-state index >= 15 is 0 Å². The lowest BCUT2D eigenvalue weighted by Crippen LogP contribution is -2.70. The van der Waals surface area contributed by atoms with Crippen LogP contribution in [0.3, 0.4) is 0 Å². The molecule has 4 heteroatoms. The van der Waals surface area contributed by atoms with E-state index in [-0.39, 0.29) is 29.1 Å². The third-order valence-corrected chi connectivity index (χ3v) is 7.31. The summed E-state index contributed by atoms with van der Waals surface area (Å²) in [6.45, 7) is 5.34. The minimum atomic E-state index is -0.489. The first kappa shape index (κ1) is 11.5. The molecule has 0 aromatic heterocycles. The molecule has 0 amide bonds. The second kappa shape index (κ2) is 2.76. The van der Waals surface area contributed by atoms with Crippen molar-refractivity contribution in [3.63, 3.8) is 0 Å². The summed E-state index contributed by atoms with van der Waals surface area (Å²) in [7, 11) is 0. The van der Waals surface area contributed by atoms with Crippen molar-refractivity contribution in [1.29, 1.82) is 0 Å². The topological polar surface area (TPSA) is 47.9 Å². The lowest BCUT2D eigenvalue weighted by molar-refractivity contribution is -0.405. The minimum absolute atomic E-state index is 0.000579. The van der Waals surface area contributed by atoms with Crippen LogP contribution in [0, 0.1) is 10.8 Å². The van der Waals surface area contributed by atoms with Gasteiger partial charge in [0.25, 0.3) is 0 Å². The van der Waals surface area contributed by atoms with Crippen LogP contribution in [0.2, 0.25) is 0 Å². The monoisotopic (exact) mass is 266 g/mol. The Morgan fingerprint density at radius 1 is 1.21 bits per heavy atom. The molecule has 2 spiro atoms.